The van der Waals surface area contributed by atoms with Crippen molar-refractivity contribution in [1.82, 2.24) is 15.3 Å². The molecule has 0 saturated carbocycles. The van der Waals surface area contributed by atoms with Crippen LogP contribution in [-0.2, 0) is 6.54 Å². The van der Waals surface area contributed by atoms with Gasteiger partial charge in [0.2, 0.25) is 5.95 Å². The third-order valence-electron chi connectivity index (χ3n) is 4.30. The number of ether oxygens (including phenoxy) is 1. The molecule has 1 amide bonds. The summed E-state index contributed by atoms with van der Waals surface area (Å²) in [6.45, 7) is 0.455. The van der Waals surface area contributed by atoms with Gasteiger partial charge in [-0.2, -0.15) is 0 Å². The van der Waals surface area contributed by atoms with E-state index < -0.39 is 0 Å². The molecule has 2 N–H and O–H groups in total. The maximum absolute atomic E-state index is 12.2. The van der Waals surface area contributed by atoms with Crippen LogP contribution in [-0.4, -0.2) is 15.9 Å². The van der Waals surface area contributed by atoms with E-state index in [1.54, 1.807) is 0 Å². The van der Waals surface area contributed by atoms with Crippen LogP contribution in [0.3, 0.4) is 0 Å². The van der Waals surface area contributed by atoms with Gasteiger partial charge in [-0.25, -0.2) is 9.97 Å². The molecule has 0 radical (unpaired) electrons. The van der Waals surface area contributed by atoms with E-state index in [2.05, 4.69) is 20.6 Å². The van der Waals surface area contributed by atoms with E-state index >= 15 is 0 Å². The topological polar surface area (TPSA) is 76.1 Å². The Kier molecular flexibility index (Phi) is 5.96. The Balaban J connectivity index is 1.32. The first-order chi connectivity index (χ1) is 14.8. The first-order valence-electron chi connectivity index (χ1n) is 9.50. The summed E-state index contributed by atoms with van der Waals surface area (Å²) in [5.41, 5.74) is 2.25. The fourth-order valence-corrected chi connectivity index (χ4v) is 2.75. The Bertz CT molecular complexity index is 1080. The number of hydrogen-bond donors (Lipinski definition) is 2. The van der Waals surface area contributed by atoms with Crippen LogP contribution in [0.15, 0.2) is 97.3 Å². The summed E-state index contributed by atoms with van der Waals surface area (Å²) >= 11 is 0. The lowest BCUT2D eigenvalue weighted by atomic mass is 10.2. The van der Waals surface area contributed by atoms with Crippen molar-refractivity contribution in [2.75, 3.05) is 5.32 Å². The highest BCUT2D eigenvalue weighted by Crippen LogP contribution is 2.23. The molecule has 0 fully saturated rings. The van der Waals surface area contributed by atoms with Crippen molar-refractivity contribution in [2.45, 2.75) is 6.54 Å². The number of anilines is 2. The van der Waals surface area contributed by atoms with Gasteiger partial charge in [0.1, 0.15) is 11.5 Å². The Morgan fingerprint density at radius 2 is 1.37 bits per heavy atom. The molecular weight excluding hydrogens is 376 g/mol. The predicted octanol–water partition coefficient (Wildman–Crippen LogP) is 4.94. The van der Waals surface area contributed by atoms with E-state index in [4.69, 9.17) is 4.74 Å². The summed E-state index contributed by atoms with van der Waals surface area (Å²) in [4.78, 5) is 20.7. The summed E-state index contributed by atoms with van der Waals surface area (Å²) in [7, 11) is 0. The van der Waals surface area contributed by atoms with Crippen LogP contribution < -0.4 is 15.4 Å². The van der Waals surface area contributed by atoms with E-state index in [1.807, 2.05) is 84.9 Å². The van der Waals surface area contributed by atoms with Crippen LogP contribution in [0.25, 0.3) is 0 Å². The molecule has 0 atom stereocenters. The largest absolute Gasteiger partial charge is 0.457 e. The van der Waals surface area contributed by atoms with E-state index in [-0.39, 0.29) is 5.91 Å². The number of nitrogens with one attached hydrogen (secondary N) is 2. The van der Waals surface area contributed by atoms with Gasteiger partial charge in [-0.05, 0) is 42.0 Å². The lowest BCUT2D eigenvalue weighted by Crippen LogP contribution is -2.23. The quantitative estimate of drug-likeness (QED) is 0.463. The third-order valence-corrected chi connectivity index (χ3v) is 4.30. The lowest BCUT2D eigenvalue weighted by molar-refractivity contribution is 0.0950. The molecule has 0 bridgehead atoms. The number of para-hydroxylation sites is 1. The molecule has 6 nitrogen and oxygen atoms in total. The van der Waals surface area contributed by atoms with Gasteiger partial charge in [0, 0.05) is 24.6 Å². The van der Waals surface area contributed by atoms with Crippen molar-refractivity contribution < 1.29 is 9.53 Å². The number of benzene rings is 3. The van der Waals surface area contributed by atoms with Gasteiger partial charge in [-0.15, -0.1) is 0 Å². The molecule has 0 aliphatic rings. The molecule has 4 aromatic rings. The Labute approximate surface area is 174 Å². The number of aromatic nitrogens is 2. The second-order valence-corrected chi connectivity index (χ2v) is 6.53. The number of amides is 1. The summed E-state index contributed by atoms with van der Waals surface area (Å²) in [6.07, 6.45) is 3.01. The van der Waals surface area contributed by atoms with Gasteiger partial charge >= 0.3 is 0 Å². The molecule has 1 aromatic heterocycles. The van der Waals surface area contributed by atoms with Crippen LogP contribution >= 0.6 is 0 Å². The second-order valence-electron chi connectivity index (χ2n) is 6.53. The minimum absolute atomic E-state index is 0.215. The number of carbonyl (C=O) groups excluding carboxylic acids is 1. The van der Waals surface area contributed by atoms with Crippen molar-refractivity contribution in [1.29, 1.82) is 0 Å². The van der Waals surface area contributed by atoms with Gasteiger partial charge in [-0.1, -0.05) is 48.5 Å². The molecule has 6 heteroatoms. The summed E-state index contributed by atoms with van der Waals surface area (Å²) in [6, 6.07) is 26.8. The normalized spacial score (nSPS) is 10.3. The maximum atomic E-state index is 12.2. The standard InChI is InChI=1S/C24H20N4O2/c29-23(25-15-18-7-3-1-4-8-18)19-16-26-24(27-17-19)28-20-11-13-22(14-12-20)30-21-9-5-2-6-10-21/h1-14,16-17H,15H2,(H,25,29)(H,26,27,28). The number of rotatable bonds is 7. The Morgan fingerprint density at radius 3 is 2.03 bits per heavy atom. The zero-order chi connectivity index (χ0) is 20.6. The molecule has 0 saturated heterocycles. The van der Waals surface area contributed by atoms with Crippen LogP contribution in [0.4, 0.5) is 11.6 Å². The number of nitrogens with zero attached hydrogens (tertiary/aromatic N) is 2. The highest BCUT2D eigenvalue weighted by molar-refractivity contribution is 5.93. The van der Waals surface area contributed by atoms with Gasteiger partial charge in [0.15, 0.2) is 0 Å². The van der Waals surface area contributed by atoms with Crippen molar-refractivity contribution in [2.24, 2.45) is 0 Å². The SMILES string of the molecule is O=C(NCc1ccccc1)c1cnc(Nc2ccc(Oc3ccccc3)cc2)nc1. The highest BCUT2D eigenvalue weighted by Gasteiger charge is 2.07. The molecule has 0 aliphatic carbocycles. The molecule has 4 rings (SSSR count). The molecule has 148 valence electrons. The maximum Gasteiger partial charge on any atom is 0.254 e. The first kappa shape index (κ1) is 19.1. The zero-order valence-corrected chi connectivity index (χ0v) is 16.2. The van der Waals surface area contributed by atoms with Crippen molar-refractivity contribution in [3.63, 3.8) is 0 Å². The minimum atomic E-state index is -0.215. The summed E-state index contributed by atoms with van der Waals surface area (Å²) in [5, 5.41) is 5.97. The van der Waals surface area contributed by atoms with E-state index in [0.29, 0.717) is 18.1 Å². The Hall–Kier alpha value is -4.19. The van der Waals surface area contributed by atoms with E-state index in [0.717, 1.165) is 22.7 Å². The van der Waals surface area contributed by atoms with Crippen molar-refractivity contribution >= 4 is 17.5 Å². The van der Waals surface area contributed by atoms with E-state index in [9.17, 15) is 4.79 Å². The van der Waals surface area contributed by atoms with Gasteiger partial charge in [0.05, 0.1) is 5.56 Å². The zero-order valence-electron chi connectivity index (χ0n) is 16.2. The highest BCUT2D eigenvalue weighted by atomic mass is 16.5. The van der Waals surface area contributed by atoms with Gasteiger partial charge in [0.25, 0.3) is 5.91 Å². The van der Waals surface area contributed by atoms with Crippen LogP contribution in [0.1, 0.15) is 15.9 Å². The molecule has 30 heavy (non-hydrogen) atoms. The molecule has 0 aliphatic heterocycles. The minimum Gasteiger partial charge on any atom is -0.457 e. The van der Waals surface area contributed by atoms with Gasteiger partial charge in [-0.3, -0.25) is 4.79 Å². The smallest absolute Gasteiger partial charge is 0.254 e. The van der Waals surface area contributed by atoms with Crippen LogP contribution in [0.5, 0.6) is 11.5 Å². The summed E-state index contributed by atoms with van der Waals surface area (Å²) < 4.78 is 5.78. The number of hydrogen-bond acceptors (Lipinski definition) is 5. The van der Waals surface area contributed by atoms with Crippen molar-refractivity contribution in [3.05, 3.63) is 108 Å². The summed E-state index contributed by atoms with van der Waals surface area (Å²) in [5.74, 6) is 1.71. The molecular formula is C24H20N4O2. The van der Waals surface area contributed by atoms with Gasteiger partial charge < -0.3 is 15.4 Å². The fourth-order valence-electron chi connectivity index (χ4n) is 2.75. The fraction of sp³-hybridized carbons (Fsp3) is 0.0417. The Morgan fingerprint density at radius 1 is 0.767 bits per heavy atom. The van der Waals surface area contributed by atoms with Crippen LogP contribution in [0, 0.1) is 0 Å². The average Bonchev–Trinajstić information content (AvgIpc) is 2.81. The molecule has 0 spiro atoms. The van der Waals surface area contributed by atoms with Crippen LogP contribution in [0.2, 0.25) is 0 Å². The lowest BCUT2D eigenvalue weighted by Gasteiger charge is -2.08. The number of carbonyl (C=O) groups is 1. The monoisotopic (exact) mass is 396 g/mol. The first-order valence-corrected chi connectivity index (χ1v) is 9.50. The van der Waals surface area contributed by atoms with E-state index in [1.165, 1.54) is 12.4 Å². The average molecular weight is 396 g/mol. The second kappa shape index (κ2) is 9.34. The van der Waals surface area contributed by atoms with Crippen molar-refractivity contribution in [3.8, 4) is 11.5 Å². The predicted molar refractivity (Wildman–Crippen MR) is 116 cm³/mol. The third kappa shape index (κ3) is 5.20. The molecule has 1 heterocycles. The molecule has 0 unspecified atom stereocenters. The molecule has 3 aromatic carbocycles.